The first kappa shape index (κ1) is 17.6. The van der Waals surface area contributed by atoms with Crippen LogP contribution in [0.25, 0.3) is 10.9 Å². The Morgan fingerprint density at radius 1 is 1.20 bits per heavy atom. The van der Waals surface area contributed by atoms with Gasteiger partial charge in [0.1, 0.15) is 17.4 Å². The summed E-state index contributed by atoms with van der Waals surface area (Å²) in [5, 5.41) is 13.3. The molecule has 130 valence electrons. The van der Waals surface area contributed by atoms with Gasteiger partial charge in [-0.3, -0.25) is 4.98 Å². The van der Waals surface area contributed by atoms with E-state index in [0.29, 0.717) is 27.0 Å². The lowest BCUT2D eigenvalue weighted by Crippen LogP contribution is -2.08. The topological polar surface area (TPSA) is 54.4 Å². The molecule has 0 saturated carbocycles. The van der Waals surface area contributed by atoms with Crippen LogP contribution in [0.4, 0.5) is 14.5 Å². The fourth-order valence-corrected chi connectivity index (χ4v) is 2.99. The number of benzene rings is 2. The zero-order chi connectivity index (χ0) is 18.0. The molecule has 0 aliphatic carbocycles. The number of rotatable bonds is 5. The van der Waals surface area contributed by atoms with Crippen molar-refractivity contribution in [1.29, 1.82) is 0 Å². The number of ether oxygens (including phenoxy) is 1. The van der Waals surface area contributed by atoms with Crippen LogP contribution < -0.4 is 10.1 Å². The quantitative estimate of drug-likeness (QED) is 0.657. The predicted molar refractivity (Wildman–Crippen MR) is 95.6 cm³/mol. The second kappa shape index (κ2) is 7.33. The third-order valence-electron chi connectivity index (χ3n) is 3.87. The van der Waals surface area contributed by atoms with E-state index < -0.39 is 11.6 Å². The molecule has 0 aliphatic heterocycles. The van der Waals surface area contributed by atoms with E-state index in [2.05, 4.69) is 26.2 Å². The molecule has 2 N–H and O–H groups in total. The highest BCUT2D eigenvalue weighted by Crippen LogP contribution is 2.30. The van der Waals surface area contributed by atoms with Crippen molar-refractivity contribution in [3.8, 4) is 5.75 Å². The number of pyridine rings is 1. The maximum absolute atomic E-state index is 14.0. The molecular weight excluding hydrogens is 394 g/mol. The number of aromatic nitrogens is 1. The molecule has 1 heterocycles. The summed E-state index contributed by atoms with van der Waals surface area (Å²) < 4.78 is 33.6. The summed E-state index contributed by atoms with van der Waals surface area (Å²) in [7, 11) is 1.56. The molecule has 25 heavy (non-hydrogen) atoms. The minimum atomic E-state index is -0.648. The van der Waals surface area contributed by atoms with Gasteiger partial charge in [0.15, 0.2) is 0 Å². The van der Waals surface area contributed by atoms with E-state index >= 15 is 0 Å². The van der Waals surface area contributed by atoms with Gasteiger partial charge in [0.2, 0.25) is 0 Å². The first-order valence-corrected chi connectivity index (χ1v) is 8.26. The lowest BCUT2D eigenvalue weighted by Gasteiger charge is -2.15. The minimum Gasteiger partial charge on any atom is -0.497 e. The number of nitrogens with zero attached hydrogens (tertiary/aromatic N) is 1. The van der Waals surface area contributed by atoms with Gasteiger partial charge in [0, 0.05) is 39.8 Å². The number of hydrogen-bond donors (Lipinski definition) is 2. The van der Waals surface area contributed by atoms with Crippen molar-refractivity contribution in [3.63, 3.8) is 0 Å². The molecule has 0 unspecified atom stereocenters. The maximum atomic E-state index is 14.0. The van der Waals surface area contributed by atoms with Crippen molar-refractivity contribution >= 4 is 32.5 Å². The van der Waals surface area contributed by atoms with Crippen molar-refractivity contribution < 1.29 is 18.6 Å². The molecule has 2 aromatic carbocycles. The van der Waals surface area contributed by atoms with E-state index in [0.717, 1.165) is 5.39 Å². The summed E-state index contributed by atoms with van der Waals surface area (Å²) in [5.41, 5.74) is 1.69. The molecule has 7 heteroatoms. The summed E-state index contributed by atoms with van der Waals surface area (Å²) in [6, 6.07) is 7.72. The molecular formula is C18H15BrF2N2O2. The molecule has 1 aromatic heterocycles. The van der Waals surface area contributed by atoms with Gasteiger partial charge in [0.25, 0.3) is 0 Å². The summed E-state index contributed by atoms with van der Waals surface area (Å²) >= 11 is 3.06. The summed E-state index contributed by atoms with van der Waals surface area (Å²) in [6.07, 6.45) is 1.53. The second-order valence-electron chi connectivity index (χ2n) is 5.40. The Kier molecular flexibility index (Phi) is 5.15. The van der Waals surface area contributed by atoms with Crippen molar-refractivity contribution in [2.45, 2.75) is 13.2 Å². The first-order valence-electron chi connectivity index (χ1n) is 7.47. The summed E-state index contributed by atoms with van der Waals surface area (Å²) in [6.45, 7) is -0.314. The molecule has 0 amide bonds. The van der Waals surface area contributed by atoms with E-state index in [-0.39, 0.29) is 18.7 Å². The van der Waals surface area contributed by atoms with Crippen LogP contribution in [0.15, 0.2) is 41.0 Å². The van der Waals surface area contributed by atoms with Crippen LogP contribution >= 0.6 is 15.9 Å². The Balaban J connectivity index is 2.00. The Bertz CT molecular complexity index is 911. The van der Waals surface area contributed by atoms with Crippen LogP contribution in [0.3, 0.4) is 0 Å². The third-order valence-corrected chi connectivity index (χ3v) is 4.33. The smallest absolute Gasteiger partial charge is 0.132 e. The molecule has 3 rings (SSSR count). The number of anilines is 1. The normalized spacial score (nSPS) is 10.9. The average molecular weight is 409 g/mol. The Morgan fingerprint density at radius 2 is 1.92 bits per heavy atom. The van der Waals surface area contributed by atoms with Gasteiger partial charge < -0.3 is 15.2 Å². The van der Waals surface area contributed by atoms with Gasteiger partial charge in [-0.25, -0.2) is 8.78 Å². The van der Waals surface area contributed by atoms with Gasteiger partial charge >= 0.3 is 0 Å². The van der Waals surface area contributed by atoms with E-state index in [9.17, 15) is 13.9 Å². The highest BCUT2D eigenvalue weighted by atomic mass is 79.9. The number of halogens is 3. The van der Waals surface area contributed by atoms with Gasteiger partial charge in [-0.15, -0.1) is 0 Å². The molecule has 0 saturated heterocycles. The van der Waals surface area contributed by atoms with Crippen molar-refractivity contribution in [3.05, 3.63) is 63.8 Å². The SMILES string of the molecule is COc1ccc2c(NCc3c(F)cc(Br)cc3F)c(CO)cnc2c1. The molecule has 0 radical (unpaired) electrons. The lowest BCUT2D eigenvalue weighted by molar-refractivity contribution is 0.282. The first-order chi connectivity index (χ1) is 12.0. The van der Waals surface area contributed by atoms with Crippen molar-refractivity contribution in [2.24, 2.45) is 0 Å². The minimum absolute atomic E-state index is 0.0664. The van der Waals surface area contributed by atoms with Gasteiger partial charge in [-0.2, -0.15) is 0 Å². The zero-order valence-electron chi connectivity index (χ0n) is 13.3. The van der Waals surface area contributed by atoms with Gasteiger partial charge in [-0.05, 0) is 24.3 Å². The number of aliphatic hydroxyl groups is 1. The van der Waals surface area contributed by atoms with Gasteiger partial charge in [0.05, 0.1) is 24.9 Å². The monoisotopic (exact) mass is 408 g/mol. The third kappa shape index (κ3) is 3.57. The molecule has 0 fully saturated rings. The number of nitrogens with one attached hydrogen (secondary N) is 1. The zero-order valence-corrected chi connectivity index (χ0v) is 14.9. The Hall–Kier alpha value is -2.25. The largest absolute Gasteiger partial charge is 0.497 e. The molecule has 3 aromatic rings. The van der Waals surface area contributed by atoms with E-state index in [1.807, 2.05) is 0 Å². The van der Waals surface area contributed by atoms with Crippen molar-refractivity contribution in [2.75, 3.05) is 12.4 Å². The fourth-order valence-electron chi connectivity index (χ4n) is 2.59. The highest BCUT2D eigenvalue weighted by molar-refractivity contribution is 9.10. The number of hydrogen-bond acceptors (Lipinski definition) is 4. The molecule has 0 atom stereocenters. The maximum Gasteiger partial charge on any atom is 0.132 e. The van der Waals surface area contributed by atoms with Crippen LogP contribution in [0, 0.1) is 11.6 Å². The number of aliphatic hydroxyl groups excluding tert-OH is 1. The Labute approximate surface area is 151 Å². The molecule has 0 spiro atoms. The lowest BCUT2D eigenvalue weighted by atomic mass is 10.1. The van der Waals surface area contributed by atoms with Crippen LogP contribution in [-0.2, 0) is 13.2 Å². The van der Waals surface area contributed by atoms with Crippen LogP contribution in [0.5, 0.6) is 5.75 Å². The Morgan fingerprint density at radius 3 is 2.56 bits per heavy atom. The van der Waals surface area contributed by atoms with E-state index in [1.54, 1.807) is 25.3 Å². The number of methoxy groups -OCH3 is 1. The standard InChI is InChI=1S/C18H15BrF2N2O2/c1-25-12-2-3-13-17(6-12)22-7-10(9-24)18(13)23-8-14-15(20)4-11(19)5-16(14)21/h2-7,24H,8-9H2,1H3,(H,22,23). The van der Waals surface area contributed by atoms with E-state index in [4.69, 9.17) is 4.74 Å². The predicted octanol–water partition coefficient (Wildman–Crippen LogP) is 4.39. The summed E-state index contributed by atoms with van der Waals surface area (Å²) in [4.78, 5) is 4.29. The molecule has 0 bridgehead atoms. The number of fused-ring (bicyclic) bond motifs is 1. The fraction of sp³-hybridized carbons (Fsp3) is 0.167. The van der Waals surface area contributed by atoms with Crippen LogP contribution in [-0.4, -0.2) is 17.2 Å². The van der Waals surface area contributed by atoms with E-state index in [1.165, 1.54) is 18.3 Å². The average Bonchev–Trinajstić information content (AvgIpc) is 2.60. The summed E-state index contributed by atoms with van der Waals surface area (Å²) in [5.74, 6) is -0.650. The van der Waals surface area contributed by atoms with Crippen LogP contribution in [0.2, 0.25) is 0 Å². The molecule has 0 aliphatic rings. The molecule has 4 nitrogen and oxygen atoms in total. The second-order valence-corrected chi connectivity index (χ2v) is 6.32. The van der Waals surface area contributed by atoms with Crippen LogP contribution in [0.1, 0.15) is 11.1 Å². The van der Waals surface area contributed by atoms with Crippen molar-refractivity contribution in [1.82, 2.24) is 4.98 Å². The van der Waals surface area contributed by atoms with Gasteiger partial charge in [-0.1, -0.05) is 15.9 Å². The highest BCUT2D eigenvalue weighted by Gasteiger charge is 2.13.